The van der Waals surface area contributed by atoms with Crippen LogP contribution in [0.1, 0.15) is 33.5 Å². The molecule has 0 aromatic carbocycles. The SMILES string of the molecule is CCN(CCO)C(=O)Nc1cc(C(C)(C)C)on1. The molecule has 0 bridgehead atoms. The Bertz CT molecular complexity index is 396. The number of rotatable bonds is 4. The smallest absolute Gasteiger partial charge is 0.323 e. The molecule has 1 heterocycles. The maximum Gasteiger partial charge on any atom is 0.323 e. The van der Waals surface area contributed by atoms with E-state index in [1.54, 1.807) is 6.07 Å². The molecule has 2 amide bonds. The first kappa shape index (κ1) is 14.5. The van der Waals surface area contributed by atoms with Crippen molar-refractivity contribution in [1.82, 2.24) is 10.1 Å². The van der Waals surface area contributed by atoms with Gasteiger partial charge in [-0.1, -0.05) is 25.9 Å². The van der Waals surface area contributed by atoms with Crippen molar-refractivity contribution in [2.75, 3.05) is 25.0 Å². The van der Waals surface area contributed by atoms with Crippen molar-refractivity contribution in [3.8, 4) is 0 Å². The van der Waals surface area contributed by atoms with Crippen molar-refractivity contribution >= 4 is 11.8 Å². The summed E-state index contributed by atoms with van der Waals surface area (Å²) < 4.78 is 5.17. The van der Waals surface area contributed by atoms with Gasteiger partial charge < -0.3 is 14.5 Å². The minimum atomic E-state index is -0.291. The van der Waals surface area contributed by atoms with Gasteiger partial charge in [0.2, 0.25) is 0 Å². The van der Waals surface area contributed by atoms with Crippen LogP contribution in [-0.2, 0) is 5.41 Å². The van der Waals surface area contributed by atoms with E-state index in [1.165, 1.54) is 4.90 Å². The lowest BCUT2D eigenvalue weighted by molar-refractivity contribution is 0.191. The molecule has 0 saturated carbocycles. The molecule has 0 unspecified atom stereocenters. The number of anilines is 1. The molecule has 0 spiro atoms. The number of carbonyl (C=O) groups is 1. The summed E-state index contributed by atoms with van der Waals surface area (Å²) in [6.45, 7) is 8.62. The highest BCUT2D eigenvalue weighted by Gasteiger charge is 2.21. The first-order valence-corrected chi connectivity index (χ1v) is 6.02. The fraction of sp³-hybridized carbons (Fsp3) is 0.667. The lowest BCUT2D eigenvalue weighted by Crippen LogP contribution is -2.36. The number of aromatic nitrogens is 1. The Morgan fingerprint density at radius 1 is 1.56 bits per heavy atom. The van der Waals surface area contributed by atoms with Crippen LogP contribution < -0.4 is 5.32 Å². The third kappa shape index (κ3) is 3.73. The van der Waals surface area contributed by atoms with E-state index in [0.717, 1.165) is 0 Å². The zero-order valence-electron chi connectivity index (χ0n) is 11.4. The molecule has 0 atom stereocenters. The normalized spacial score (nSPS) is 11.4. The Hall–Kier alpha value is -1.56. The van der Waals surface area contributed by atoms with Gasteiger partial charge in [0.1, 0.15) is 5.76 Å². The van der Waals surface area contributed by atoms with Gasteiger partial charge in [-0.25, -0.2) is 4.79 Å². The highest BCUT2D eigenvalue weighted by Crippen LogP contribution is 2.24. The van der Waals surface area contributed by atoms with E-state index in [-0.39, 0.29) is 18.1 Å². The average molecular weight is 255 g/mol. The molecule has 1 aromatic heterocycles. The van der Waals surface area contributed by atoms with Crippen LogP contribution in [0.15, 0.2) is 10.6 Å². The average Bonchev–Trinajstić information content (AvgIpc) is 2.73. The fourth-order valence-electron chi connectivity index (χ4n) is 1.40. The van der Waals surface area contributed by atoms with Crippen LogP contribution in [0.3, 0.4) is 0 Å². The second-order valence-corrected chi connectivity index (χ2v) is 5.06. The van der Waals surface area contributed by atoms with Crippen molar-refractivity contribution in [2.24, 2.45) is 0 Å². The molecule has 0 aliphatic heterocycles. The van der Waals surface area contributed by atoms with E-state index in [4.69, 9.17) is 9.63 Å². The van der Waals surface area contributed by atoms with Crippen molar-refractivity contribution < 1.29 is 14.4 Å². The van der Waals surface area contributed by atoms with Crippen molar-refractivity contribution in [3.63, 3.8) is 0 Å². The summed E-state index contributed by atoms with van der Waals surface area (Å²) in [5, 5.41) is 15.3. The minimum Gasteiger partial charge on any atom is -0.395 e. The lowest BCUT2D eigenvalue weighted by atomic mass is 9.93. The number of likely N-dealkylation sites (N-methyl/N-ethyl adjacent to an activating group) is 1. The van der Waals surface area contributed by atoms with Gasteiger partial charge in [0.15, 0.2) is 5.82 Å². The number of aliphatic hydroxyl groups excluding tert-OH is 1. The maximum atomic E-state index is 11.8. The summed E-state index contributed by atoms with van der Waals surface area (Å²) in [7, 11) is 0. The van der Waals surface area contributed by atoms with Gasteiger partial charge in [-0.15, -0.1) is 0 Å². The summed E-state index contributed by atoms with van der Waals surface area (Å²) in [6.07, 6.45) is 0. The number of aliphatic hydroxyl groups is 1. The van der Waals surface area contributed by atoms with Crippen LogP contribution in [0.4, 0.5) is 10.6 Å². The van der Waals surface area contributed by atoms with E-state index in [1.807, 2.05) is 27.7 Å². The second-order valence-electron chi connectivity index (χ2n) is 5.06. The van der Waals surface area contributed by atoms with Gasteiger partial charge >= 0.3 is 6.03 Å². The molecule has 0 saturated heterocycles. The number of hydrogen-bond donors (Lipinski definition) is 2. The van der Waals surface area contributed by atoms with Gasteiger partial charge in [0, 0.05) is 24.6 Å². The van der Waals surface area contributed by atoms with Crippen LogP contribution in [0.2, 0.25) is 0 Å². The third-order valence-corrected chi connectivity index (χ3v) is 2.52. The van der Waals surface area contributed by atoms with Crippen LogP contribution in [0, 0.1) is 0 Å². The molecule has 102 valence electrons. The number of nitrogens with zero attached hydrogens (tertiary/aromatic N) is 2. The molecule has 1 aromatic rings. The summed E-state index contributed by atoms with van der Waals surface area (Å²) in [5.74, 6) is 1.10. The Labute approximate surface area is 107 Å². The van der Waals surface area contributed by atoms with Crippen LogP contribution in [-0.4, -0.2) is 40.9 Å². The van der Waals surface area contributed by atoms with Crippen molar-refractivity contribution in [1.29, 1.82) is 0 Å². The zero-order chi connectivity index (χ0) is 13.8. The molecule has 6 nitrogen and oxygen atoms in total. The molecule has 1 rings (SSSR count). The second kappa shape index (κ2) is 5.86. The Morgan fingerprint density at radius 2 is 2.22 bits per heavy atom. The summed E-state index contributed by atoms with van der Waals surface area (Å²) in [5.41, 5.74) is -0.147. The number of urea groups is 1. The molecular formula is C12H21N3O3. The monoisotopic (exact) mass is 255 g/mol. The third-order valence-electron chi connectivity index (χ3n) is 2.52. The quantitative estimate of drug-likeness (QED) is 0.860. The number of carbonyl (C=O) groups excluding carboxylic acids is 1. The first-order chi connectivity index (χ1) is 8.38. The highest BCUT2D eigenvalue weighted by atomic mass is 16.5. The van der Waals surface area contributed by atoms with Gasteiger partial charge in [-0.3, -0.25) is 5.32 Å². The summed E-state index contributed by atoms with van der Waals surface area (Å²) >= 11 is 0. The summed E-state index contributed by atoms with van der Waals surface area (Å²) in [4.78, 5) is 13.3. The summed E-state index contributed by atoms with van der Waals surface area (Å²) in [6, 6.07) is 1.42. The minimum absolute atomic E-state index is 0.0622. The number of amides is 2. The van der Waals surface area contributed by atoms with Crippen LogP contribution in [0.5, 0.6) is 0 Å². The van der Waals surface area contributed by atoms with E-state index >= 15 is 0 Å². The molecule has 18 heavy (non-hydrogen) atoms. The molecular weight excluding hydrogens is 234 g/mol. The molecule has 2 N–H and O–H groups in total. The lowest BCUT2D eigenvalue weighted by Gasteiger charge is -2.19. The first-order valence-electron chi connectivity index (χ1n) is 6.02. The van der Waals surface area contributed by atoms with E-state index in [0.29, 0.717) is 24.7 Å². The molecule has 0 aliphatic carbocycles. The Balaban J connectivity index is 2.67. The fourth-order valence-corrected chi connectivity index (χ4v) is 1.40. The molecule has 0 aliphatic rings. The van der Waals surface area contributed by atoms with Crippen LogP contribution >= 0.6 is 0 Å². The van der Waals surface area contributed by atoms with Gasteiger partial charge in [-0.05, 0) is 6.92 Å². The predicted molar refractivity (Wildman–Crippen MR) is 68.6 cm³/mol. The largest absolute Gasteiger partial charge is 0.395 e. The van der Waals surface area contributed by atoms with Gasteiger partial charge in [-0.2, -0.15) is 0 Å². The van der Waals surface area contributed by atoms with E-state index in [9.17, 15) is 4.79 Å². The highest BCUT2D eigenvalue weighted by molar-refractivity contribution is 5.88. The van der Waals surface area contributed by atoms with E-state index in [2.05, 4.69) is 10.5 Å². The standard InChI is InChI=1S/C12H21N3O3/c1-5-15(6-7-16)11(17)13-10-8-9(18-14-10)12(2,3)4/h8,16H,5-7H2,1-4H3,(H,13,14,17). The Morgan fingerprint density at radius 3 is 2.67 bits per heavy atom. The Kier molecular flexibility index (Phi) is 4.72. The van der Waals surface area contributed by atoms with Crippen molar-refractivity contribution in [3.05, 3.63) is 11.8 Å². The van der Waals surface area contributed by atoms with Crippen molar-refractivity contribution in [2.45, 2.75) is 33.1 Å². The maximum absolute atomic E-state index is 11.8. The number of nitrogens with one attached hydrogen (secondary N) is 1. The topological polar surface area (TPSA) is 78.6 Å². The van der Waals surface area contributed by atoms with Gasteiger partial charge in [0.25, 0.3) is 0 Å². The molecule has 6 heteroatoms. The zero-order valence-corrected chi connectivity index (χ0v) is 11.4. The molecule has 0 fully saturated rings. The predicted octanol–water partition coefficient (Wildman–Crippen LogP) is 1.82. The number of hydrogen-bond acceptors (Lipinski definition) is 4. The van der Waals surface area contributed by atoms with Gasteiger partial charge in [0.05, 0.1) is 6.61 Å². The van der Waals surface area contributed by atoms with Crippen LogP contribution in [0.25, 0.3) is 0 Å². The molecule has 0 radical (unpaired) electrons. The van der Waals surface area contributed by atoms with E-state index < -0.39 is 0 Å².